The van der Waals surface area contributed by atoms with E-state index in [1.54, 1.807) is 0 Å². The molecule has 10 bridgehead atoms. The number of Topliss-reactive ketones (excluding diaryl/α,β-unsaturated/α-hetero) is 1. The zero-order valence-corrected chi connectivity index (χ0v) is 51.6. The van der Waals surface area contributed by atoms with Crippen LogP contribution in [0.1, 0.15) is 260 Å². The molecule has 12 aliphatic rings. The lowest BCUT2D eigenvalue weighted by Crippen LogP contribution is -2.55. The lowest BCUT2D eigenvalue weighted by Gasteiger charge is -2.52. The molecule has 12 saturated carbocycles. The van der Waals surface area contributed by atoms with E-state index >= 15 is 0 Å². The number of carbonyl (C=O) groups is 7. The number of ketones is 1. The van der Waals surface area contributed by atoms with Crippen molar-refractivity contribution in [1.29, 1.82) is 0 Å². The highest BCUT2D eigenvalue weighted by atomic mass is 16.7. The van der Waals surface area contributed by atoms with Gasteiger partial charge in [-0.1, -0.05) is 118 Å². The molecule has 0 saturated heterocycles. The Morgan fingerprint density at radius 2 is 0.865 bits per heavy atom. The van der Waals surface area contributed by atoms with E-state index in [4.69, 9.17) is 42.6 Å². The van der Waals surface area contributed by atoms with Crippen molar-refractivity contribution in [2.75, 3.05) is 33.6 Å². The van der Waals surface area contributed by atoms with Crippen LogP contribution < -0.4 is 0 Å². The number of hydrogen-bond acceptors (Lipinski definition) is 16. The summed E-state index contributed by atoms with van der Waals surface area (Å²) in [4.78, 5) is 87.0. The van der Waals surface area contributed by atoms with Gasteiger partial charge in [-0.25, -0.2) is 0 Å². The van der Waals surface area contributed by atoms with E-state index in [0.717, 1.165) is 103 Å². The van der Waals surface area contributed by atoms with Crippen LogP contribution >= 0.6 is 0 Å². The zero-order chi connectivity index (χ0) is 59.0. The molecule has 0 heterocycles. The Balaban J connectivity index is 0.000000339. The SMILES string of the molecule is C.C.C.C.C.C.CCC(C)(C)C(=O)OC1CC2CC(C(=O)OCOCC3CCCCC3)C1C2.CCC(C)C(=O)OC1CC2CC(C(=O)OCOC3C4CC5CC(C4)C(=O)C3C5)C1C2.CCC(C)C(=O)OC1CC2CC(C(=O)OCOCC3CCCCC3)C1C2. The van der Waals surface area contributed by atoms with E-state index in [9.17, 15) is 33.6 Å². The third kappa shape index (κ3) is 20.0. The fourth-order valence-corrected chi connectivity index (χ4v) is 17.0. The molecule has 0 N–H and O–H groups in total. The largest absolute Gasteiger partial charge is 0.462 e. The predicted molar refractivity (Wildman–Crippen MR) is 346 cm³/mol. The van der Waals surface area contributed by atoms with Gasteiger partial charge in [0.05, 0.1) is 54.3 Å². The second-order valence-corrected chi connectivity index (χ2v) is 28.7. The van der Waals surface area contributed by atoms with Crippen molar-refractivity contribution in [2.45, 2.75) is 284 Å². The molecular weight excluding hydrogens is 1130 g/mol. The summed E-state index contributed by atoms with van der Waals surface area (Å²) in [7, 11) is 0. The zero-order valence-electron chi connectivity index (χ0n) is 51.6. The molecule has 0 spiro atoms. The second kappa shape index (κ2) is 36.7. The molecule has 89 heavy (non-hydrogen) atoms. The predicted octanol–water partition coefficient (Wildman–Crippen LogP) is 15.9. The van der Waals surface area contributed by atoms with Crippen molar-refractivity contribution in [3.05, 3.63) is 0 Å². The molecule has 12 aliphatic carbocycles. The van der Waals surface area contributed by atoms with Crippen molar-refractivity contribution < 1.29 is 76.2 Å². The van der Waals surface area contributed by atoms with Crippen LogP contribution in [0.25, 0.3) is 0 Å². The number of esters is 6. The number of hydrogen-bond donors (Lipinski definition) is 0. The second-order valence-electron chi connectivity index (χ2n) is 28.7. The third-order valence-corrected chi connectivity index (χ3v) is 22.7. The van der Waals surface area contributed by atoms with Crippen LogP contribution in [0.2, 0.25) is 0 Å². The molecule has 0 aromatic rings. The summed E-state index contributed by atoms with van der Waals surface area (Å²) in [6, 6.07) is 0. The Bertz CT molecular complexity index is 2200. The van der Waals surface area contributed by atoms with Crippen molar-refractivity contribution in [2.24, 2.45) is 106 Å². The number of ether oxygens (including phenoxy) is 9. The minimum absolute atomic E-state index is 0. The molecular formula is C73H128O16. The van der Waals surface area contributed by atoms with Crippen molar-refractivity contribution >= 4 is 41.6 Å². The van der Waals surface area contributed by atoms with Gasteiger partial charge >= 0.3 is 35.8 Å². The Morgan fingerprint density at radius 3 is 1.26 bits per heavy atom. The summed E-state index contributed by atoms with van der Waals surface area (Å²) in [6.07, 6.45) is 26.7. The Kier molecular flexibility index (Phi) is 32.8. The van der Waals surface area contributed by atoms with Gasteiger partial charge in [0.1, 0.15) is 24.1 Å². The van der Waals surface area contributed by atoms with Gasteiger partial charge in [0.15, 0.2) is 20.4 Å². The van der Waals surface area contributed by atoms with Crippen LogP contribution in [0.4, 0.5) is 0 Å². The summed E-state index contributed by atoms with van der Waals surface area (Å²) >= 11 is 0. The summed E-state index contributed by atoms with van der Waals surface area (Å²) in [5, 5.41) is 0. The standard InChI is InChI=1S/C24H34O6.C22H36O5.C21H34O5.6CH4/c1-3-12(2)23(26)30-20-9-14-6-17(20)18(7-14)24(27)29-11-28-22-16-5-13-4-15(10-16)21(25)19(22)8-13;1-4-22(2,3)21(24)27-19-12-16-10-17(19)18(11-16)20(23)26-14-25-13-15-8-6-5-7-9-15;1-3-14(2)20(22)26-19-11-16-9-17(19)18(10-16)21(23)25-13-24-12-15-7-5-4-6-8-15;;;;;;/h12-20,22H,3-11H2,1-2H3;15-19H,4-14H2,1-3H3;14-19H,3-13H2,1-2H3;6*1H4. The molecule has 0 aromatic heterocycles. The quantitative estimate of drug-likeness (QED) is 0.0404. The van der Waals surface area contributed by atoms with Crippen molar-refractivity contribution in [3.63, 3.8) is 0 Å². The maximum Gasteiger partial charge on any atom is 0.311 e. The van der Waals surface area contributed by atoms with Crippen LogP contribution in [-0.2, 0) is 76.2 Å². The van der Waals surface area contributed by atoms with E-state index in [1.807, 2.05) is 48.5 Å². The van der Waals surface area contributed by atoms with Crippen LogP contribution in [0, 0.1) is 106 Å². The molecule has 0 aromatic carbocycles. The van der Waals surface area contributed by atoms with Gasteiger partial charge in [-0.15, -0.1) is 0 Å². The first kappa shape index (κ1) is 79.6. The first-order chi connectivity index (χ1) is 39.9. The molecule has 0 aliphatic heterocycles. The average molecular weight is 1260 g/mol. The number of rotatable bonds is 23. The van der Waals surface area contributed by atoms with Gasteiger partial charge in [-0.2, -0.15) is 0 Å². The smallest absolute Gasteiger partial charge is 0.311 e. The van der Waals surface area contributed by atoms with Crippen LogP contribution in [0.15, 0.2) is 0 Å². The Morgan fingerprint density at radius 1 is 0.472 bits per heavy atom. The lowest BCUT2D eigenvalue weighted by molar-refractivity contribution is -0.193. The minimum Gasteiger partial charge on any atom is -0.462 e. The van der Waals surface area contributed by atoms with Crippen LogP contribution in [0.3, 0.4) is 0 Å². The van der Waals surface area contributed by atoms with Gasteiger partial charge in [-0.3, -0.25) is 33.6 Å². The molecule has 12 fully saturated rings. The van der Waals surface area contributed by atoms with E-state index in [-0.39, 0.29) is 184 Å². The van der Waals surface area contributed by atoms with E-state index < -0.39 is 5.41 Å². The molecule has 16 heteroatoms. The molecule has 516 valence electrons. The van der Waals surface area contributed by atoms with Crippen molar-refractivity contribution in [1.82, 2.24) is 0 Å². The van der Waals surface area contributed by atoms with Gasteiger partial charge in [0, 0.05) is 29.6 Å². The normalized spacial score (nSPS) is 33.8. The van der Waals surface area contributed by atoms with E-state index in [0.29, 0.717) is 60.4 Å². The van der Waals surface area contributed by atoms with Crippen LogP contribution in [-0.4, -0.2) is 99.6 Å². The third-order valence-electron chi connectivity index (χ3n) is 22.7. The molecule has 12 rings (SSSR count). The minimum atomic E-state index is -0.467. The highest BCUT2D eigenvalue weighted by Gasteiger charge is 2.56. The summed E-state index contributed by atoms with van der Waals surface area (Å²) in [6.45, 7) is 15.0. The van der Waals surface area contributed by atoms with E-state index in [1.165, 1.54) is 64.2 Å². The van der Waals surface area contributed by atoms with Crippen LogP contribution in [0.5, 0.6) is 0 Å². The topological polar surface area (TPSA) is 203 Å². The van der Waals surface area contributed by atoms with Gasteiger partial charge in [0.2, 0.25) is 0 Å². The first-order valence-electron chi connectivity index (χ1n) is 33.4. The maximum atomic E-state index is 12.8. The maximum absolute atomic E-state index is 12.8. The highest BCUT2D eigenvalue weighted by Crippen LogP contribution is 2.55. The Hall–Kier alpha value is -3.63. The van der Waals surface area contributed by atoms with Gasteiger partial charge < -0.3 is 42.6 Å². The lowest BCUT2D eigenvalue weighted by atomic mass is 9.54. The summed E-state index contributed by atoms with van der Waals surface area (Å²) in [5.41, 5.74) is -0.467. The fourth-order valence-electron chi connectivity index (χ4n) is 17.0. The highest BCUT2D eigenvalue weighted by molar-refractivity contribution is 5.86. The summed E-state index contributed by atoms with van der Waals surface area (Å²) < 4.78 is 50.8. The average Bonchev–Trinajstić information content (AvgIpc) is 1.59. The molecule has 19 unspecified atom stereocenters. The van der Waals surface area contributed by atoms with Gasteiger partial charge in [0.25, 0.3) is 0 Å². The molecule has 16 nitrogen and oxygen atoms in total. The molecule has 0 amide bonds. The summed E-state index contributed by atoms with van der Waals surface area (Å²) in [5.74, 6) is 2.98. The molecule has 19 atom stereocenters. The van der Waals surface area contributed by atoms with Crippen molar-refractivity contribution in [3.8, 4) is 0 Å². The van der Waals surface area contributed by atoms with Gasteiger partial charge in [-0.05, 0) is 184 Å². The fraction of sp³-hybridized carbons (Fsp3) is 0.904. The van der Waals surface area contributed by atoms with E-state index in [2.05, 4.69) is 0 Å². The number of carbonyl (C=O) groups excluding carboxylic acids is 7. The monoisotopic (exact) mass is 1260 g/mol. The first-order valence-corrected chi connectivity index (χ1v) is 33.4. The Labute approximate surface area is 539 Å². The molecule has 0 radical (unpaired) electrons. The number of fused-ring (bicyclic) bond motifs is 6.